The van der Waals surface area contributed by atoms with Gasteiger partial charge in [0, 0.05) is 32.0 Å². The van der Waals surface area contributed by atoms with Crippen molar-refractivity contribution in [1.29, 1.82) is 0 Å². The Bertz CT molecular complexity index is 678. The number of piperidine rings is 1. The van der Waals surface area contributed by atoms with Crippen LogP contribution < -0.4 is 0 Å². The van der Waals surface area contributed by atoms with Gasteiger partial charge in [-0.05, 0) is 38.5 Å². The molecule has 2 fully saturated rings. The second kappa shape index (κ2) is 7.32. The fourth-order valence-electron chi connectivity index (χ4n) is 3.85. The van der Waals surface area contributed by atoms with Crippen LogP contribution in [0, 0.1) is 5.92 Å². The molecule has 0 amide bonds. The van der Waals surface area contributed by atoms with Gasteiger partial charge in [0.25, 0.3) is 0 Å². The van der Waals surface area contributed by atoms with Crippen LogP contribution in [0.5, 0.6) is 0 Å². The highest BCUT2D eigenvalue weighted by Crippen LogP contribution is 2.39. The Balaban J connectivity index is 1.59. The monoisotopic (exact) mass is 371 g/mol. The topological polar surface area (TPSA) is 85.5 Å². The van der Waals surface area contributed by atoms with Gasteiger partial charge in [0.1, 0.15) is 0 Å². The van der Waals surface area contributed by atoms with Crippen molar-refractivity contribution in [3.05, 3.63) is 11.7 Å². The van der Waals surface area contributed by atoms with Gasteiger partial charge in [0.05, 0.1) is 11.4 Å². The summed E-state index contributed by atoms with van der Waals surface area (Å²) in [6.07, 6.45) is 4.28. The molecule has 1 spiro atoms. The minimum atomic E-state index is -3.10. The van der Waals surface area contributed by atoms with Crippen LogP contribution in [-0.4, -0.2) is 53.9 Å². The number of sulfonamides is 1. The first-order valence-electron chi connectivity index (χ1n) is 9.28. The molecule has 0 radical (unpaired) electrons. The summed E-state index contributed by atoms with van der Waals surface area (Å²) in [5.74, 6) is 2.33. The third-order valence-electron chi connectivity index (χ3n) is 5.44. The average Bonchev–Trinajstić information content (AvgIpc) is 3.04. The molecule has 7 nitrogen and oxygen atoms in total. The summed E-state index contributed by atoms with van der Waals surface area (Å²) >= 11 is 0. The standard InChI is InChI=1S/C17H29N3O4S/c1-4-25(21,22)20-8-6-17(7-9-20)12-14(5-10-23-17)11-15-18-16(13(2)3)24-19-15/h13-14H,4-12H2,1-3H3. The summed E-state index contributed by atoms with van der Waals surface area (Å²) in [5, 5.41) is 4.11. The van der Waals surface area contributed by atoms with E-state index >= 15 is 0 Å². The highest BCUT2D eigenvalue weighted by Gasteiger charge is 2.42. The van der Waals surface area contributed by atoms with Gasteiger partial charge in [0.15, 0.2) is 5.82 Å². The smallest absolute Gasteiger partial charge is 0.229 e. The molecule has 25 heavy (non-hydrogen) atoms. The molecular formula is C17H29N3O4S. The summed E-state index contributed by atoms with van der Waals surface area (Å²) in [6, 6.07) is 0. The molecule has 0 saturated carbocycles. The Kier molecular flexibility index (Phi) is 5.51. The predicted octanol–water partition coefficient (Wildman–Crippen LogP) is 2.35. The molecule has 142 valence electrons. The molecular weight excluding hydrogens is 342 g/mol. The molecule has 0 aromatic carbocycles. The van der Waals surface area contributed by atoms with E-state index in [1.165, 1.54) is 0 Å². The van der Waals surface area contributed by atoms with Crippen LogP contribution in [0.15, 0.2) is 4.52 Å². The van der Waals surface area contributed by atoms with Crippen molar-refractivity contribution >= 4 is 10.0 Å². The maximum Gasteiger partial charge on any atom is 0.229 e. The molecule has 1 aromatic rings. The fraction of sp³-hybridized carbons (Fsp3) is 0.882. The Labute approximate surface area is 150 Å². The third-order valence-corrected chi connectivity index (χ3v) is 7.32. The van der Waals surface area contributed by atoms with Gasteiger partial charge in [-0.15, -0.1) is 0 Å². The molecule has 8 heteroatoms. The summed E-state index contributed by atoms with van der Waals surface area (Å²) in [6.45, 7) is 7.62. The Hall–Kier alpha value is -0.990. The van der Waals surface area contributed by atoms with Crippen molar-refractivity contribution in [1.82, 2.24) is 14.4 Å². The van der Waals surface area contributed by atoms with Gasteiger partial charge < -0.3 is 9.26 Å². The van der Waals surface area contributed by atoms with Crippen LogP contribution in [0.25, 0.3) is 0 Å². The maximum absolute atomic E-state index is 12.0. The average molecular weight is 372 g/mol. The van der Waals surface area contributed by atoms with E-state index in [0.29, 0.717) is 24.9 Å². The summed E-state index contributed by atoms with van der Waals surface area (Å²) in [7, 11) is -3.10. The second-order valence-corrected chi connectivity index (χ2v) is 9.86. The maximum atomic E-state index is 12.0. The van der Waals surface area contributed by atoms with Gasteiger partial charge in [-0.1, -0.05) is 19.0 Å². The lowest BCUT2D eigenvalue weighted by Crippen LogP contribution is -2.51. The molecule has 1 unspecified atom stereocenters. The lowest BCUT2D eigenvalue weighted by Gasteiger charge is -2.45. The molecule has 2 aliphatic heterocycles. The largest absolute Gasteiger partial charge is 0.375 e. The number of hydrogen-bond donors (Lipinski definition) is 0. The van der Waals surface area contributed by atoms with Crippen molar-refractivity contribution < 1.29 is 17.7 Å². The van der Waals surface area contributed by atoms with Crippen LogP contribution in [0.4, 0.5) is 0 Å². The second-order valence-electron chi connectivity index (χ2n) is 7.60. The lowest BCUT2D eigenvalue weighted by atomic mass is 9.78. The van der Waals surface area contributed by atoms with Crippen LogP contribution in [0.1, 0.15) is 64.1 Å². The van der Waals surface area contributed by atoms with Crippen molar-refractivity contribution in [2.75, 3.05) is 25.4 Å². The van der Waals surface area contributed by atoms with E-state index in [4.69, 9.17) is 9.26 Å². The van der Waals surface area contributed by atoms with Crippen molar-refractivity contribution in [2.45, 2.75) is 64.4 Å². The summed E-state index contributed by atoms with van der Waals surface area (Å²) in [5.41, 5.74) is -0.187. The predicted molar refractivity (Wildman–Crippen MR) is 93.8 cm³/mol. The normalized spacial score (nSPS) is 24.9. The van der Waals surface area contributed by atoms with Crippen LogP contribution >= 0.6 is 0 Å². The van der Waals surface area contributed by atoms with Crippen LogP contribution in [0.3, 0.4) is 0 Å². The van der Waals surface area contributed by atoms with Crippen molar-refractivity contribution in [3.63, 3.8) is 0 Å². The van der Waals surface area contributed by atoms with E-state index in [2.05, 4.69) is 10.1 Å². The van der Waals surface area contributed by atoms with Crippen LogP contribution in [0.2, 0.25) is 0 Å². The molecule has 0 N–H and O–H groups in total. The summed E-state index contributed by atoms with van der Waals surface area (Å²) < 4.78 is 37.1. The molecule has 0 bridgehead atoms. The SMILES string of the molecule is CCS(=O)(=O)N1CCC2(CC1)CC(Cc1noc(C(C)C)n1)CCO2. The van der Waals surface area contributed by atoms with Crippen molar-refractivity contribution in [3.8, 4) is 0 Å². The molecule has 1 aromatic heterocycles. The fourth-order valence-corrected chi connectivity index (χ4v) is 4.95. The highest BCUT2D eigenvalue weighted by atomic mass is 32.2. The Morgan fingerprint density at radius 3 is 2.64 bits per heavy atom. The number of aromatic nitrogens is 2. The zero-order chi connectivity index (χ0) is 18.1. The summed E-state index contributed by atoms with van der Waals surface area (Å²) in [4.78, 5) is 4.49. The van der Waals surface area contributed by atoms with Gasteiger partial charge in [-0.25, -0.2) is 12.7 Å². The molecule has 0 aliphatic carbocycles. The van der Waals surface area contributed by atoms with Crippen molar-refractivity contribution in [2.24, 2.45) is 5.92 Å². The van der Waals surface area contributed by atoms with Gasteiger partial charge in [-0.2, -0.15) is 4.98 Å². The van der Waals surface area contributed by atoms with Gasteiger partial charge in [-0.3, -0.25) is 0 Å². The first kappa shape index (κ1) is 18.8. The number of hydrogen-bond acceptors (Lipinski definition) is 6. The molecule has 3 heterocycles. The van der Waals surface area contributed by atoms with E-state index in [0.717, 1.165) is 44.5 Å². The lowest BCUT2D eigenvalue weighted by molar-refractivity contribution is -0.120. The zero-order valence-electron chi connectivity index (χ0n) is 15.4. The molecule has 2 saturated heterocycles. The van der Waals surface area contributed by atoms with Crippen LogP contribution in [-0.2, 0) is 21.2 Å². The zero-order valence-corrected chi connectivity index (χ0v) is 16.2. The number of ether oxygens (including phenoxy) is 1. The van der Waals surface area contributed by atoms with Gasteiger partial charge in [0.2, 0.25) is 15.9 Å². The minimum absolute atomic E-state index is 0.166. The molecule has 1 atom stereocenters. The quantitative estimate of drug-likeness (QED) is 0.790. The van der Waals surface area contributed by atoms with E-state index in [1.807, 2.05) is 13.8 Å². The highest BCUT2D eigenvalue weighted by molar-refractivity contribution is 7.89. The van der Waals surface area contributed by atoms with E-state index in [-0.39, 0.29) is 17.3 Å². The van der Waals surface area contributed by atoms with Gasteiger partial charge >= 0.3 is 0 Å². The minimum Gasteiger partial charge on any atom is -0.375 e. The first-order chi connectivity index (χ1) is 11.8. The third kappa shape index (κ3) is 4.23. The molecule has 3 rings (SSSR count). The van der Waals surface area contributed by atoms with E-state index < -0.39 is 10.0 Å². The number of rotatable bonds is 5. The first-order valence-corrected chi connectivity index (χ1v) is 10.9. The van der Waals surface area contributed by atoms with E-state index in [9.17, 15) is 8.42 Å². The van der Waals surface area contributed by atoms with E-state index in [1.54, 1.807) is 11.2 Å². The number of nitrogens with zero attached hydrogens (tertiary/aromatic N) is 3. The molecule has 2 aliphatic rings. The Morgan fingerprint density at radius 1 is 1.32 bits per heavy atom. The Morgan fingerprint density at radius 2 is 2.04 bits per heavy atom.